The Morgan fingerprint density at radius 3 is 2.12 bits per heavy atom. The number of nitrogens with two attached hydrogens (primary N) is 1. The number of aliphatic hydroxyl groups is 1. The zero-order valence-corrected chi connectivity index (χ0v) is 38.1. The zero-order valence-electron chi connectivity index (χ0n) is 36.1. The van der Waals surface area contributed by atoms with Gasteiger partial charge in [-0.3, -0.25) is 9.69 Å². The summed E-state index contributed by atoms with van der Waals surface area (Å²) >= 11 is 0. The summed E-state index contributed by atoms with van der Waals surface area (Å²) in [7, 11) is -3.08. The van der Waals surface area contributed by atoms with Gasteiger partial charge >= 0.3 is 12.1 Å². The average molecular weight is 858 g/mol. The Morgan fingerprint density at radius 1 is 0.915 bits per heavy atom. The number of nitrogens with zero attached hydrogens (tertiary/aromatic N) is 2. The molecule has 326 valence electrons. The molecule has 1 heterocycles. The van der Waals surface area contributed by atoms with Crippen LogP contribution in [0.4, 0.5) is 13.6 Å². The first-order valence-corrected chi connectivity index (χ1v) is 27.6. The lowest BCUT2D eigenvalue weighted by Crippen LogP contribution is -2.55. The average Bonchev–Trinajstić information content (AvgIpc) is 3.53. The Morgan fingerprint density at radius 2 is 1.54 bits per heavy atom. The van der Waals surface area contributed by atoms with Crippen LogP contribution in [0.2, 0.25) is 51.4 Å². The fraction of sp³-hybridized carbons (Fsp3) is 0.535. The van der Waals surface area contributed by atoms with Crippen molar-refractivity contribution in [3.8, 4) is 11.1 Å². The van der Waals surface area contributed by atoms with Gasteiger partial charge in [-0.05, 0) is 53.8 Å². The van der Waals surface area contributed by atoms with Gasteiger partial charge in [0.25, 0.3) is 0 Å². The van der Waals surface area contributed by atoms with Gasteiger partial charge < -0.3 is 40.3 Å². The van der Waals surface area contributed by atoms with Crippen molar-refractivity contribution >= 4 is 40.4 Å². The maximum absolute atomic E-state index is 15.3. The molecule has 0 fully saturated rings. The molecule has 4 atom stereocenters. The number of aliphatic hydroxyl groups excluding tert-OH is 1. The van der Waals surface area contributed by atoms with Crippen LogP contribution in [0, 0.1) is 17.0 Å². The number of hydrogen-bond donors (Lipinski definition) is 4. The molecular weight excluding hydrogens is 793 g/mol. The second-order valence-electron chi connectivity index (χ2n) is 18.6. The second kappa shape index (κ2) is 21.9. The van der Waals surface area contributed by atoms with Gasteiger partial charge in [0.15, 0.2) is 0 Å². The van der Waals surface area contributed by atoms with E-state index in [1.165, 1.54) is 0 Å². The third kappa shape index (κ3) is 16.4. The topological polar surface area (TPSA) is 165 Å². The van der Waals surface area contributed by atoms with Crippen molar-refractivity contribution in [2.45, 2.75) is 109 Å². The van der Waals surface area contributed by atoms with Crippen LogP contribution in [0.5, 0.6) is 0 Å². The molecule has 59 heavy (non-hydrogen) atoms. The van der Waals surface area contributed by atoms with Crippen LogP contribution in [0.3, 0.4) is 0 Å². The maximum atomic E-state index is 15.3. The van der Waals surface area contributed by atoms with E-state index in [2.05, 4.69) is 49.9 Å². The van der Waals surface area contributed by atoms with Gasteiger partial charge in [-0.25, -0.2) is 18.4 Å². The molecule has 3 rings (SSSR count). The number of benzene rings is 2. The van der Waals surface area contributed by atoms with Crippen molar-refractivity contribution in [2.75, 3.05) is 32.8 Å². The van der Waals surface area contributed by atoms with Crippen LogP contribution >= 0.6 is 0 Å². The predicted octanol–water partition coefficient (Wildman–Crippen LogP) is 6.58. The van der Waals surface area contributed by atoms with Crippen LogP contribution in [0.1, 0.15) is 44.5 Å². The highest BCUT2D eigenvalue weighted by atomic mass is 28.3. The van der Waals surface area contributed by atoms with Gasteiger partial charge in [0.2, 0.25) is 5.91 Å². The molecule has 0 aliphatic rings. The van der Waals surface area contributed by atoms with E-state index in [9.17, 15) is 28.7 Å². The van der Waals surface area contributed by atoms with Crippen molar-refractivity contribution in [2.24, 2.45) is 11.1 Å². The monoisotopic (exact) mass is 857 g/mol. The van der Waals surface area contributed by atoms with Crippen LogP contribution in [-0.4, -0.2) is 106 Å². The first-order valence-electron chi connectivity index (χ1n) is 20.2. The highest BCUT2D eigenvalue weighted by molar-refractivity contribution is 6.76. The van der Waals surface area contributed by atoms with Crippen molar-refractivity contribution in [3.63, 3.8) is 0 Å². The molecule has 0 saturated carbocycles. The third-order valence-electron chi connectivity index (χ3n) is 9.74. The summed E-state index contributed by atoms with van der Waals surface area (Å²) in [4.78, 5) is 54.0. The normalized spacial score (nSPS) is 14.3. The van der Waals surface area contributed by atoms with E-state index in [1.807, 2.05) is 60.6 Å². The van der Waals surface area contributed by atoms with E-state index in [4.69, 9.17) is 15.2 Å². The lowest BCUT2D eigenvalue weighted by molar-refractivity contribution is -0.147. The summed E-state index contributed by atoms with van der Waals surface area (Å²) in [5, 5.41) is 16.1. The maximum Gasteiger partial charge on any atom is 0.407 e. The van der Waals surface area contributed by atoms with Gasteiger partial charge in [0.1, 0.15) is 36.1 Å². The summed E-state index contributed by atoms with van der Waals surface area (Å²) in [5.74, 6) is -2.61. The van der Waals surface area contributed by atoms with Gasteiger partial charge in [-0.2, -0.15) is 0 Å². The molecule has 3 aromatic rings. The van der Waals surface area contributed by atoms with Gasteiger partial charge in [0.05, 0.1) is 19.3 Å². The highest BCUT2D eigenvalue weighted by Crippen LogP contribution is 2.41. The summed E-state index contributed by atoms with van der Waals surface area (Å²) in [6.45, 7) is 19.1. The van der Waals surface area contributed by atoms with E-state index in [0.717, 1.165) is 29.8 Å². The smallest absolute Gasteiger partial charge is 0.407 e. The molecular formula is C43H65F2N5O7Si2. The molecule has 1 unspecified atom stereocenters. The molecule has 5 N–H and O–H groups in total. The predicted molar refractivity (Wildman–Crippen MR) is 232 cm³/mol. The van der Waals surface area contributed by atoms with Gasteiger partial charge in [-0.1, -0.05) is 90.4 Å². The number of esters is 1. The number of alkyl carbamates (subject to hydrolysis) is 1. The number of amides is 2. The third-order valence-corrected chi connectivity index (χ3v) is 13.1. The number of rotatable bonds is 22. The number of ether oxygens (including phenoxy) is 2. The molecule has 0 spiro atoms. The Labute approximate surface area is 350 Å². The summed E-state index contributed by atoms with van der Waals surface area (Å²) in [6, 6.07) is 13.0. The number of nitrogens with one attached hydrogen (secondary N) is 2. The van der Waals surface area contributed by atoms with E-state index in [-0.39, 0.29) is 44.8 Å². The molecule has 1 aromatic heterocycles. The molecule has 0 bridgehead atoms. The lowest BCUT2D eigenvalue weighted by atomic mass is 9.82. The molecule has 0 aliphatic carbocycles. The Bertz CT molecular complexity index is 1840. The summed E-state index contributed by atoms with van der Waals surface area (Å²) in [5.41, 5.74) is 7.39. The number of carbonyl (C=O) groups is 4. The van der Waals surface area contributed by atoms with Crippen LogP contribution in [-0.2, 0) is 30.4 Å². The lowest BCUT2D eigenvalue weighted by Gasteiger charge is -2.42. The molecule has 0 saturated heterocycles. The minimum atomic E-state index is -1.56. The SMILES string of the molecule is CC(C)(C)[C@H](c1cc(-c2cc(F)ccc2F)cn1Cc1ccccc1)N(CC[C@H](NC(=O)OCC[Si](C)(C)C)C(=O)N[C@H](CN)C(=O)OCC[Si](C)(C)C)CC(O)C=O. The fourth-order valence-corrected chi connectivity index (χ4v) is 8.00. The molecule has 2 amide bonds. The number of halogens is 2. The molecule has 2 aromatic carbocycles. The molecule has 0 radical (unpaired) electrons. The van der Waals surface area contributed by atoms with E-state index < -0.39 is 75.4 Å². The van der Waals surface area contributed by atoms with E-state index in [0.29, 0.717) is 30.1 Å². The molecule has 16 heteroatoms. The Kier molecular flexibility index (Phi) is 18.2. The van der Waals surface area contributed by atoms with Crippen molar-refractivity contribution in [3.05, 3.63) is 83.7 Å². The first kappa shape index (κ1) is 49.1. The number of aldehydes is 1. The largest absolute Gasteiger partial charge is 0.464 e. The van der Waals surface area contributed by atoms with Gasteiger partial charge in [0, 0.05) is 65.3 Å². The standard InChI is InChI=1S/C43H65F2N5O7Si2/c1-43(2,3)39(38-23-31(34-24-32(44)15-16-35(34)45)27-50(38)26-30-13-11-10-12-14-30)49(28-33(52)29-51)18-17-36(48-42(55)57-20-22-59(7,8)9)40(53)47-37(25-46)41(54)56-19-21-58(4,5)6/h10-16,23-24,27,29,33,36-37,39,52H,17-22,25-26,28,46H2,1-9H3,(H,47,53)(H,48,55)/t33?,36-,37+,39-/m0/s1. The molecule has 12 nitrogen and oxygen atoms in total. The minimum Gasteiger partial charge on any atom is -0.464 e. The summed E-state index contributed by atoms with van der Waals surface area (Å²) in [6.07, 6.45) is -0.147. The highest BCUT2D eigenvalue weighted by Gasteiger charge is 2.37. The van der Waals surface area contributed by atoms with Crippen molar-refractivity contribution in [1.29, 1.82) is 0 Å². The van der Waals surface area contributed by atoms with Crippen molar-refractivity contribution in [1.82, 2.24) is 20.1 Å². The Balaban J connectivity index is 2.06. The van der Waals surface area contributed by atoms with Crippen molar-refractivity contribution < 1.29 is 42.5 Å². The second-order valence-corrected chi connectivity index (χ2v) is 29.8. The summed E-state index contributed by atoms with van der Waals surface area (Å²) < 4.78 is 42.6. The van der Waals surface area contributed by atoms with E-state index >= 15 is 4.39 Å². The van der Waals surface area contributed by atoms with Crippen LogP contribution in [0.25, 0.3) is 11.1 Å². The van der Waals surface area contributed by atoms with Crippen LogP contribution < -0.4 is 16.4 Å². The molecule has 0 aliphatic heterocycles. The minimum absolute atomic E-state index is 0.0359. The van der Waals surface area contributed by atoms with Gasteiger partial charge in [-0.15, -0.1) is 0 Å². The fourth-order valence-electron chi connectivity index (χ4n) is 6.57. The zero-order chi connectivity index (χ0) is 44.1. The van der Waals surface area contributed by atoms with E-state index in [1.54, 1.807) is 12.3 Å². The quantitative estimate of drug-likeness (QED) is 0.0497. The Hall–Kier alpha value is -4.23. The number of carbonyl (C=O) groups excluding carboxylic acids is 4. The van der Waals surface area contributed by atoms with Crippen LogP contribution in [0.15, 0.2) is 60.8 Å². The first-order chi connectivity index (χ1) is 27.5. The number of hydrogen-bond acceptors (Lipinski definition) is 9. The number of aromatic nitrogens is 1.